The third-order valence-electron chi connectivity index (χ3n) is 14.6. The van der Waals surface area contributed by atoms with Crippen LogP contribution in [-0.2, 0) is 0 Å². The lowest BCUT2D eigenvalue weighted by atomic mass is 9.94. The third-order valence-corrected chi connectivity index (χ3v) is 17.0. The summed E-state index contributed by atoms with van der Waals surface area (Å²) in [5, 5.41) is 19.5. The van der Waals surface area contributed by atoms with Crippen LogP contribution < -0.4 is 0 Å². The van der Waals surface area contributed by atoms with Crippen LogP contribution in [0.1, 0.15) is 279 Å². The molecule has 1 aromatic carbocycles. The van der Waals surface area contributed by atoms with E-state index in [0.717, 1.165) is 40.4 Å². The highest BCUT2D eigenvalue weighted by Crippen LogP contribution is 2.51. The van der Waals surface area contributed by atoms with Crippen molar-refractivity contribution < 1.29 is 5.11 Å². The Morgan fingerprint density at radius 2 is 1.06 bits per heavy atom. The maximum absolute atomic E-state index is 8.83. The summed E-state index contributed by atoms with van der Waals surface area (Å²) in [6.07, 6.45) is 27.2. The van der Waals surface area contributed by atoms with Crippen molar-refractivity contribution in [2.45, 2.75) is 252 Å². The fourth-order valence-electron chi connectivity index (χ4n) is 8.16. The minimum Gasteiger partial charge on any atom is -0.396 e. The lowest BCUT2D eigenvalue weighted by molar-refractivity contribution is 0.171. The summed E-state index contributed by atoms with van der Waals surface area (Å²) in [6, 6.07) is 23.3. The molecule has 2 saturated carbocycles. The number of hydrogen-bond donors (Lipinski definition) is 1. The smallest absolute Gasteiger partial charge is 0.130 e. The van der Waals surface area contributed by atoms with E-state index in [1.807, 2.05) is 116 Å². The molecule has 0 atom stereocenters. The van der Waals surface area contributed by atoms with E-state index >= 15 is 0 Å². The van der Waals surface area contributed by atoms with Gasteiger partial charge in [-0.15, -0.1) is 22.7 Å². The molecule has 7 heterocycles. The summed E-state index contributed by atoms with van der Waals surface area (Å²) in [5.74, 6) is 7.81. The van der Waals surface area contributed by atoms with E-state index in [9.17, 15) is 0 Å². The molecule has 0 amide bonds. The molecule has 1 N–H and O–H groups in total. The second-order valence-corrected chi connectivity index (χ2v) is 28.5. The molecule has 12 nitrogen and oxygen atoms in total. The molecule has 7 aromatic heterocycles. The van der Waals surface area contributed by atoms with Crippen LogP contribution in [0.15, 0.2) is 129 Å². The molecule has 0 bridgehead atoms. The van der Waals surface area contributed by atoms with Crippen LogP contribution in [0.25, 0.3) is 0 Å². The number of thiazole rings is 2. The highest BCUT2D eigenvalue weighted by Gasteiger charge is 2.44. The zero-order valence-corrected chi connectivity index (χ0v) is 60.7. The van der Waals surface area contributed by atoms with Crippen LogP contribution in [0.2, 0.25) is 0 Å². The van der Waals surface area contributed by atoms with Crippen LogP contribution in [0.4, 0.5) is 0 Å². The highest BCUT2D eigenvalue weighted by molar-refractivity contribution is 7.11. The van der Waals surface area contributed by atoms with Crippen molar-refractivity contribution in [1.82, 2.24) is 54.4 Å². The standard InChI is InChI=1S/C9H12.C8H12N2.C8H11N.C8H16.C7H12N2.C7H10N2.2C7H11NS.C7H14O.C6H10N2/c1-8(2)9-6-4-3-5-7-9;1-6(2)8-9-4-7(3)5-10-8;1-7(2)8-5-3-4-6-9-8;1-7(2)8-5-3-4-6-8;1-6(2)9-5-4-7(3)8-9;1-6(2)7-8-4-3-5-9-7;1-5(2)7-4-8-6(3)9-7;1-5(2)7-8-4-6(3)9-7;1-6(2)7(5-8)3-4-7;1-6(2)8-5-3-4-7-8/h3-8H,1-2H3;4-6H,1-3H3;3-7H,1-2H3;7-8H,3-6H2,1-2H3;4-6H,1-3H3;3-6H,1-2H3;2*4-5H,1-3H3;6,8H,3-5H2,1-2H3;3-6H,1-2H3. The second-order valence-electron chi connectivity index (χ2n) is 26.0. The maximum atomic E-state index is 8.83. The Morgan fingerprint density at radius 3 is 1.32 bits per heavy atom. The number of nitrogens with zero attached hydrogens (tertiary/aromatic N) is 11. The van der Waals surface area contributed by atoms with Crippen molar-refractivity contribution in [2.75, 3.05) is 6.61 Å². The van der Waals surface area contributed by atoms with Gasteiger partial charge in [0.15, 0.2) is 0 Å². The van der Waals surface area contributed by atoms with Gasteiger partial charge in [-0.1, -0.05) is 173 Å². The first-order valence-corrected chi connectivity index (χ1v) is 34.1. The molecule has 88 heavy (non-hydrogen) atoms. The Labute approximate surface area is 543 Å². The van der Waals surface area contributed by atoms with Crippen LogP contribution in [0.3, 0.4) is 0 Å². The van der Waals surface area contributed by atoms with Crippen LogP contribution in [0, 0.1) is 50.9 Å². The van der Waals surface area contributed by atoms with Crippen molar-refractivity contribution in [3.05, 3.63) is 183 Å². The van der Waals surface area contributed by atoms with Gasteiger partial charge in [0.05, 0.1) is 15.7 Å². The number of aliphatic hydroxyl groups is 1. The maximum Gasteiger partial charge on any atom is 0.130 e. The first-order valence-electron chi connectivity index (χ1n) is 32.5. The first-order chi connectivity index (χ1) is 41.5. The number of hydrogen-bond acceptors (Lipinski definition) is 12. The molecule has 0 aliphatic heterocycles. The van der Waals surface area contributed by atoms with Gasteiger partial charge in [0.1, 0.15) is 11.6 Å². The van der Waals surface area contributed by atoms with E-state index in [1.165, 1.54) is 63.9 Å². The topological polar surface area (TPSA) is 146 Å². The molecule has 2 aliphatic rings. The van der Waals surface area contributed by atoms with Gasteiger partial charge in [-0.25, -0.2) is 29.9 Å². The molecular formula is C74H119N11OS2. The van der Waals surface area contributed by atoms with E-state index in [4.69, 9.17) is 5.11 Å². The number of pyridine rings is 1. The quantitative estimate of drug-likeness (QED) is 0.133. The SMILES string of the molecule is CC(C)C1(CO)CC1.CC(C)C1CCCC1.CC(C)c1ccccc1.CC(C)c1ccccn1.CC(C)c1ncccn1.CC(C)n1cccn1.Cc1ccn(C(C)C)n1.Cc1cnc(C(C)C)nc1.Cc1cnc(C(C)C)s1.Cc1ncc(C(C)C)s1. The number of rotatable bonds is 11. The van der Waals surface area contributed by atoms with Gasteiger partial charge < -0.3 is 5.11 Å². The Bertz CT molecular complexity index is 2650. The van der Waals surface area contributed by atoms with E-state index in [2.05, 4.69) is 215 Å². The molecule has 0 saturated heterocycles. The molecule has 8 aromatic rings. The van der Waals surface area contributed by atoms with Gasteiger partial charge >= 0.3 is 0 Å². The molecule has 14 heteroatoms. The fourth-order valence-corrected chi connectivity index (χ4v) is 9.72. The van der Waals surface area contributed by atoms with Gasteiger partial charge in [0.25, 0.3) is 0 Å². The normalized spacial score (nSPS) is 12.8. The summed E-state index contributed by atoms with van der Waals surface area (Å²) >= 11 is 3.57. The zero-order chi connectivity index (χ0) is 66.4. The van der Waals surface area contributed by atoms with Crippen molar-refractivity contribution in [3.63, 3.8) is 0 Å². The minimum absolute atomic E-state index is 0.347. The van der Waals surface area contributed by atoms with E-state index < -0.39 is 0 Å². The largest absolute Gasteiger partial charge is 0.396 e. The predicted octanol–water partition coefficient (Wildman–Crippen LogP) is 21.2. The molecule has 2 fully saturated rings. The van der Waals surface area contributed by atoms with Crippen molar-refractivity contribution in [1.29, 1.82) is 0 Å². The summed E-state index contributed by atoms with van der Waals surface area (Å²) in [4.78, 5) is 31.7. The van der Waals surface area contributed by atoms with E-state index in [1.54, 1.807) is 41.3 Å². The molecule has 0 unspecified atom stereocenters. The summed E-state index contributed by atoms with van der Waals surface area (Å²) in [6.45, 7) is 51.7. The fraction of sp³-hybridized carbons (Fsp3) is 0.581. The average Bonchev–Trinajstić information content (AvgIpc) is 3.37. The molecule has 488 valence electrons. The van der Waals surface area contributed by atoms with Crippen molar-refractivity contribution in [2.24, 2.45) is 23.2 Å². The summed E-state index contributed by atoms with van der Waals surface area (Å²) in [7, 11) is 0. The van der Waals surface area contributed by atoms with Crippen molar-refractivity contribution >= 4 is 22.7 Å². The average molecular weight is 1240 g/mol. The molecular weight excluding hydrogens is 1120 g/mol. The Hall–Kier alpha value is -5.83. The van der Waals surface area contributed by atoms with Gasteiger partial charge in [-0.2, -0.15) is 10.2 Å². The zero-order valence-electron chi connectivity index (χ0n) is 59.1. The van der Waals surface area contributed by atoms with Gasteiger partial charge in [0.2, 0.25) is 0 Å². The number of aliphatic hydroxyl groups excluding tert-OH is 1. The molecule has 2 aliphatic carbocycles. The van der Waals surface area contributed by atoms with Crippen LogP contribution >= 0.6 is 22.7 Å². The molecule has 0 radical (unpaired) electrons. The van der Waals surface area contributed by atoms with Crippen LogP contribution in [0.5, 0.6) is 0 Å². The Kier molecular flexibility index (Phi) is 40.6. The van der Waals surface area contributed by atoms with Gasteiger partial charge in [-0.3, -0.25) is 14.3 Å². The van der Waals surface area contributed by atoms with Gasteiger partial charge in [-0.05, 0) is 151 Å². The lowest BCUT2D eigenvalue weighted by Gasteiger charge is -2.14. The first kappa shape index (κ1) is 80.2. The van der Waals surface area contributed by atoms with Crippen molar-refractivity contribution in [3.8, 4) is 0 Å². The van der Waals surface area contributed by atoms with E-state index in [0.29, 0.717) is 65.5 Å². The molecule has 0 spiro atoms. The molecule has 10 rings (SSSR count). The highest BCUT2D eigenvalue weighted by atomic mass is 32.1. The van der Waals surface area contributed by atoms with Gasteiger partial charge in [0, 0.05) is 114 Å². The second kappa shape index (κ2) is 44.6. The third kappa shape index (κ3) is 35.4. The minimum atomic E-state index is 0.347. The number of aromatic nitrogens is 11. The summed E-state index contributed by atoms with van der Waals surface area (Å²) in [5.41, 5.74) is 5.13. The summed E-state index contributed by atoms with van der Waals surface area (Å²) < 4.78 is 3.87. The number of benzene rings is 1. The van der Waals surface area contributed by atoms with Crippen LogP contribution in [-0.4, -0.2) is 66.2 Å². The van der Waals surface area contributed by atoms with E-state index in [-0.39, 0.29) is 0 Å². The lowest BCUT2D eigenvalue weighted by Crippen LogP contribution is -2.13. The number of aryl methyl sites for hydroxylation is 4. The Balaban J connectivity index is 0.000000489. The Morgan fingerprint density at radius 1 is 0.500 bits per heavy atom. The predicted molar refractivity (Wildman–Crippen MR) is 378 cm³/mol. The monoisotopic (exact) mass is 1240 g/mol.